The van der Waals surface area contributed by atoms with Crippen LogP contribution in [0.15, 0.2) is 39.9 Å². The van der Waals surface area contributed by atoms with Gasteiger partial charge in [0.05, 0.1) is 0 Å². The molecular formula is C16H20N4O4. The van der Waals surface area contributed by atoms with Crippen molar-refractivity contribution in [3.05, 3.63) is 51.2 Å². The maximum Gasteiger partial charge on any atom is 0.332 e. The van der Waals surface area contributed by atoms with Gasteiger partial charge in [0.25, 0.3) is 11.5 Å². The van der Waals surface area contributed by atoms with Crippen LogP contribution in [0.25, 0.3) is 0 Å². The van der Waals surface area contributed by atoms with E-state index in [9.17, 15) is 14.4 Å². The van der Waals surface area contributed by atoms with Crippen LogP contribution >= 0.6 is 0 Å². The smallest absolute Gasteiger partial charge is 0.332 e. The fourth-order valence-electron chi connectivity index (χ4n) is 2.17. The third kappa shape index (κ3) is 3.32. The van der Waals surface area contributed by atoms with Crippen LogP contribution in [0.4, 0.5) is 11.5 Å². The minimum Gasteiger partial charge on any atom is -0.481 e. The number of aromatic nitrogens is 2. The first kappa shape index (κ1) is 17.3. The lowest BCUT2D eigenvalue weighted by atomic mass is 10.2. The Labute approximate surface area is 138 Å². The van der Waals surface area contributed by atoms with Crippen LogP contribution in [0.5, 0.6) is 5.75 Å². The molecule has 0 aliphatic carbocycles. The zero-order chi connectivity index (χ0) is 17.9. The van der Waals surface area contributed by atoms with Gasteiger partial charge < -0.3 is 15.8 Å². The largest absolute Gasteiger partial charge is 0.481 e. The van der Waals surface area contributed by atoms with E-state index in [1.54, 1.807) is 31.2 Å². The summed E-state index contributed by atoms with van der Waals surface area (Å²) in [5.74, 6) is -0.0735. The van der Waals surface area contributed by atoms with E-state index in [2.05, 4.69) is 5.32 Å². The van der Waals surface area contributed by atoms with Crippen LogP contribution in [-0.2, 0) is 18.9 Å². The van der Waals surface area contributed by atoms with Crippen molar-refractivity contribution in [1.82, 2.24) is 9.13 Å². The number of para-hydroxylation sites is 1. The third-order valence-corrected chi connectivity index (χ3v) is 3.64. The number of carbonyl (C=O) groups excluding carboxylic acids is 1. The standard InChI is InChI=1S/C16H20N4O4/c1-4-11(24-10-8-6-5-7-9-10)14(21)18-12-13(17)19(2)16(23)20(3)15(12)22/h5-9,11H,4,17H2,1-3H3,(H,18,21)/t11-/m1/s1. The SMILES string of the molecule is CC[C@@H](Oc1ccccc1)C(=O)Nc1c(N)n(C)c(=O)n(C)c1=O. The van der Waals surface area contributed by atoms with E-state index in [0.29, 0.717) is 12.2 Å². The molecule has 1 amide bonds. The van der Waals surface area contributed by atoms with Crippen molar-refractivity contribution < 1.29 is 9.53 Å². The molecule has 0 saturated heterocycles. The Morgan fingerprint density at radius 2 is 1.83 bits per heavy atom. The molecule has 0 saturated carbocycles. The maximum atomic E-state index is 12.4. The summed E-state index contributed by atoms with van der Waals surface area (Å²) in [6.45, 7) is 1.79. The van der Waals surface area contributed by atoms with Gasteiger partial charge in [0, 0.05) is 14.1 Å². The molecule has 128 valence electrons. The van der Waals surface area contributed by atoms with Gasteiger partial charge in [-0.05, 0) is 18.6 Å². The van der Waals surface area contributed by atoms with Crippen molar-refractivity contribution in [2.24, 2.45) is 14.1 Å². The van der Waals surface area contributed by atoms with E-state index >= 15 is 0 Å². The number of rotatable bonds is 5. The number of carbonyl (C=O) groups is 1. The monoisotopic (exact) mass is 332 g/mol. The highest BCUT2D eigenvalue weighted by Crippen LogP contribution is 2.15. The topological polar surface area (TPSA) is 108 Å². The summed E-state index contributed by atoms with van der Waals surface area (Å²) in [5, 5.41) is 2.48. The molecule has 8 heteroatoms. The lowest BCUT2D eigenvalue weighted by molar-refractivity contribution is -0.122. The number of nitrogen functional groups attached to an aromatic ring is 1. The number of nitrogens with zero attached hydrogens (tertiary/aromatic N) is 2. The molecule has 0 aliphatic heterocycles. The summed E-state index contributed by atoms with van der Waals surface area (Å²) in [6.07, 6.45) is -0.402. The molecule has 0 aliphatic rings. The summed E-state index contributed by atoms with van der Waals surface area (Å²) in [6, 6.07) is 8.88. The summed E-state index contributed by atoms with van der Waals surface area (Å²) < 4.78 is 7.60. The first-order chi connectivity index (χ1) is 11.4. The van der Waals surface area contributed by atoms with E-state index < -0.39 is 23.3 Å². The van der Waals surface area contributed by atoms with Gasteiger partial charge in [0.1, 0.15) is 17.3 Å². The minimum absolute atomic E-state index is 0.106. The van der Waals surface area contributed by atoms with Crippen molar-refractivity contribution in [2.75, 3.05) is 11.1 Å². The van der Waals surface area contributed by atoms with E-state index in [1.807, 2.05) is 6.07 Å². The van der Waals surface area contributed by atoms with Crippen LogP contribution < -0.4 is 27.0 Å². The number of nitrogens with two attached hydrogens (primary N) is 1. The number of anilines is 2. The summed E-state index contributed by atoms with van der Waals surface area (Å²) in [7, 11) is 2.74. The number of nitrogens with one attached hydrogen (secondary N) is 1. The Kier molecular flexibility index (Phi) is 5.08. The molecule has 0 bridgehead atoms. The normalized spacial score (nSPS) is 11.8. The number of hydrogen-bond donors (Lipinski definition) is 2. The Morgan fingerprint density at radius 3 is 2.42 bits per heavy atom. The number of amides is 1. The van der Waals surface area contributed by atoms with Crippen molar-refractivity contribution in [1.29, 1.82) is 0 Å². The number of hydrogen-bond acceptors (Lipinski definition) is 5. The maximum absolute atomic E-state index is 12.4. The lowest BCUT2D eigenvalue weighted by Crippen LogP contribution is -2.42. The predicted octanol–water partition coefficient (Wildman–Crippen LogP) is 0.462. The van der Waals surface area contributed by atoms with Gasteiger partial charge >= 0.3 is 5.69 Å². The van der Waals surface area contributed by atoms with E-state index in [-0.39, 0.29) is 11.5 Å². The fraction of sp³-hybridized carbons (Fsp3) is 0.312. The van der Waals surface area contributed by atoms with Gasteiger partial charge in [0.15, 0.2) is 6.10 Å². The van der Waals surface area contributed by atoms with E-state index in [4.69, 9.17) is 10.5 Å². The molecule has 0 spiro atoms. The van der Waals surface area contributed by atoms with Crippen molar-refractivity contribution in [3.8, 4) is 5.75 Å². The highest BCUT2D eigenvalue weighted by molar-refractivity contribution is 5.96. The van der Waals surface area contributed by atoms with Crippen molar-refractivity contribution >= 4 is 17.4 Å². The van der Waals surface area contributed by atoms with Gasteiger partial charge in [-0.1, -0.05) is 25.1 Å². The Hall–Kier alpha value is -3.03. The molecule has 1 atom stereocenters. The highest BCUT2D eigenvalue weighted by Gasteiger charge is 2.22. The summed E-state index contributed by atoms with van der Waals surface area (Å²) in [5.41, 5.74) is 4.42. The van der Waals surface area contributed by atoms with Crippen molar-refractivity contribution in [3.63, 3.8) is 0 Å². The average molecular weight is 332 g/mol. The first-order valence-corrected chi connectivity index (χ1v) is 7.44. The molecule has 2 aromatic rings. The zero-order valence-corrected chi connectivity index (χ0v) is 13.8. The molecule has 0 fully saturated rings. The van der Waals surface area contributed by atoms with E-state index in [0.717, 1.165) is 9.13 Å². The molecule has 0 radical (unpaired) electrons. The third-order valence-electron chi connectivity index (χ3n) is 3.64. The van der Waals surface area contributed by atoms with Gasteiger partial charge in [-0.3, -0.25) is 18.7 Å². The molecule has 1 aromatic heterocycles. The minimum atomic E-state index is -0.797. The van der Waals surface area contributed by atoms with Crippen molar-refractivity contribution in [2.45, 2.75) is 19.4 Å². The second-order valence-corrected chi connectivity index (χ2v) is 5.28. The number of ether oxygens (including phenoxy) is 1. The molecule has 8 nitrogen and oxygen atoms in total. The average Bonchev–Trinajstić information content (AvgIpc) is 2.60. The second kappa shape index (κ2) is 7.03. The molecule has 1 aromatic carbocycles. The Balaban J connectivity index is 2.29. The Morgan fingerprint density at radius 1 is 1.21 bits per heavy atom. The second-order valence-electron chi connectivity index (χ2n) is 5.28. The van der Waals surface area contributed by atoms with E-state index in [1.165, 1.54) is 14.1 Å². The quantitative estimate of drug-likeness (QED) is 0.827. The fourth-order valence-corrected chi connectivity index (χ4v) is 2.17. The molecular weight excluding hydrogens is 312 g/mol. The van der Waals surface area contributed by atoms with Crippen LogP contribution in [0.1, 0.15) is 13.3 Å². The highest BCUT2D eigenvalue weighted by atomic mass is 16.5. The first-order valence-electron chi connectivity index (χ1n) is 7.44. The van der Waals surface area contributed by atoms with Gasteiger partial charge in [-0.25, -0.2) is 4.79 Å². The van der Waals surface area contributed by atoms with Crippen LogP contribution in [0, 0.1) is 0 Å². The molecule has 24 heavy (non-hydrogen) atoms. The Bertz CT molecular complexity index is 855. The van der Waals surface area contributed by atoms with Crippen LogP contribution in [-0.4, -0.2) is 21.1 Å². The van der Waals surface area contributed by atoms with Gasteiger partial charge in [0.2, 0.25) is 0 Å². The van der Waals surface area contributed by atoms with Crippen LogP contribution in [0.2, 0.25) is 0 Å². The summed E-state index contributed by atoms with van der Waals surface area (Å²) in [4.78, 5) is 36.4. The van der Waals surface area contributed by atoms with Crippen LogP contribution in [0.3, 0.4) is 0 Å². The zero-order valence-electron chi connectivity index (χ0n) is 13.8. The molecule has 3 N–H and O–H groups in total. The molecule has 1 heterocycles. The lowest BCUT2D eigenvalue weighted by Gasteiger charge is -2.18. The predicted molar refractivity (Wildman–Crippen MR) is 91.1 cm³/mol. The van der Waals surface area contributed by atoms with Gasteiger partial charge in [-0.15, -0.1) is 0 Å². The molecule has 2 rings (SSSR count). The molecule has 0 unspecified atom stereocenters. The summed E-state index contributed by atoms with van der Waals surface area (Å²) >= 11 is 0. The number of benzene rings is 1. The van der Waals surface area contributed by atoms with Gasteiger partial charge in [-0.2, -0.15) is 0 Å².